The highest BCUT2D eigenvalue weighted by Crippen LogP contribution is 2.31. The summed E-state index contributed by atoms with van der Waals surface area (Å²) in [4.78, 5) is 27.6. The maximum atomic E-state index is 11.9. The van der Waals surface area contributed by atoms with Gasteiger partial charge in [0.25, 0.3) is 0 Å². The van der Waals surface area contributed by atoms with E-state index in [2.05, 4.69) is 0 Å². The van der Waals surface area contributed by atoms with Gasteiger partial charge < -0.3 is 9.80 Å². The third-order valence-corrected chi connectivity index (χ3v) is 3.38. The normalized spacial score (nSPS) is 32.6. The Hall–Kier alpha value is -1.58. The predicted octanol–water partition coefficient (Wildman–Crippen LogP) is 0.314. The van der Waals surface area contributed by atoms with E-state index >= 15 is 0 Å². The van der Waals surface area contributed by atoms with Crippen molar-refractivity contribution in [3.8, 4) is 0 Å². The van der Waals surface area contributed by atoms with Gasteiger partial charge in [0.2, 0.25) is 11.6 Å². The minimum absolute atomic E-state index is 0.0296. The number of carbonyl (C=O) groups is 2. The molecule has 2 saturated heterocycles. The topological polar surface area (TPSA) is 40.2 Å². The molecule has 84 valence electrons. The molecule has 3 aliphatic rings. The standard InChI is InChI=1S/C12H14N2O2/c1-7-5-13(7)9-3-12(16)10(4-11(9)15)14-6-8(14)2/h3-4,7-8H,5-6H2,1-2H3/t7-,8-,13?,14?/m0/s1. The minimum Gasteiger partial charge on any atom is -0.362 e. The van der Waals surface area contributed by atoms with Crippen LogP contribution in [0.2, 0.25) is 0 Å². The van der Waals surface area contributed by atoms with Crippen molar-refractivity contribution < 1.29 is 9.59 Å². The lowest BCUT2D eigenvalue weighted by molar-refractivity contribution is -0.116. The number of hydrogen-bond donors (Lipinski definition) is 0. The molecule has 16 heavy (non-hydrogen) atoms. The lowest BCUT2D eigenvalue weighted by atomic mass is 10.1. The van der Waals surface area contributed by atoms with Gasteiger partial charge in [-0.3, -0.25) is 9.59 Å². The second-order valence-corrected chi connectivity index (χ2v) is 4.79. The summed E-state index contributed by atoms with van der Waals surface area (Å²) in [5, 5.41) is 0. The summed E-state index contributed by atoms with van der Waals surface area (Å²) in [6.07, 6.45) is 2.98. The summed E-state index contributed by atoms with van der Waals surface area (Å²) in [7, 11) is 0. The Morgan fingerprint density at radius 1 is 0.938 bits per heavy atom. The molecule has 1 aliphatic carbocycles. The Balaban J connectivity index is 1.83. The third kappa shape index (κ3) is 1.37. The van der Waals surface area contributed by atoms with E-state index in [1.807, 2.05) is 23.6 Å². The molecule has 0 unspecified atom stereocenters. The van der Waals surface area contributed by atoms with Gasteiger partial charge in [-0.25, -0.2) is 0 Å². The number of carbonyl (C=O) groups excluding carboxylic acids is 2. The second kappa shape index (κ2) is 2.97. The average Bonchev–Trinajstić information content (AvgIpc) is 3.10. The SMILES string of the molecule is C[C@H]1CN1C1=CC(=O)C(N2C[C@@H]2C)=CC1=O. The van der Waals surface area contributed by atoms with Gasteiger partial charge in [-0.05, 0) is 13.8 Å². The van der Waals surface area contributed by atoms with Gasteiger partial charge in [0.15, 0.2) is 0 Å². The maximum absolute atomic E-state index is 11.9. The van der Waals surface area contributed by atoms with Gasteiger partial charge in [0, 0.05) is 37.3 Å². The molecule has 0 spiro atoms. The van der Waals surface area contributed by atoms with Crippen molar-refractivity contribution in [2.45, 2.75) is 25.9 Å². The fourth-order valence-corrected chi connectivity index (χ4v) is 2.13. The molecular formula is C12H14N2O2. The van der Waals surface area contributed by atoms with Crippen LogP contribution in [-0.2, 0) is 9.59 Å². The number of hydrogen-bond acceptors (Lipinski definition) is 4. The molecule has 2 atom stereocenters. The van der Waals surface area contributed by atoms with Gasteiger partial charge in [0.05, 0.1) is 11.4 Å². The van der Waals surface area contributed by atoms with Crippen molar-refractivity contribution in [2.75, 3.05) is 13.1 Å². The van der Waals surface area contributed by atoms with Gasteiger partial charge in [0.1, 0.15) is 0 Å². The molecule has 0 aromatic heterocycles. The van der Waals surface area contributed by atoms with Crippen molar-refractivity contribution in [3.63, 3.8) is 0 Å². The van der Waals surface area contributed by atoms with Gasteiger partial charge in [-0.15, -0.1) is 0 Å². The van der Waals surface area contributed by atoms with Crippen LogP contribution in [0.25, 0.3) is 0 Å². The van der Waals surface area contributed by atoms with Gasteiger partial charge in [-0.1, -0.05) is 0 Å². The Morgan fingerprint density at radius 2 is 1.25 bits per heavy atom. The van der Waals surface area contributed by atoms with Crippen LogP contribution in [0.4, 0.5) is 0 Å². The first kappa shape index (κ1) is 9.63. The highest BCUT2D eigenvalue weighted by atomic mass is 16.1. The van der Waals surface area contributed by atoms with E-state index in [-0.39, 0.29) is 11.6 Å². The van der Waals surface area contributed by atoms with Crippen molar-refractivity contribution in [2.24, 2.45) is 0 Å². The Kier molecular flexibility index (Phi) is 1.79. The predicted molar refractivity (Wildman–Crippen MR) is 58.5 cm³/mol. The van der Waals surface area contributed by atoms with Crippen molar-refractivity contribution in [3.05, 3.63) is 23.5 Å². The fraction of sp³-hybridized carbons (Fsp3) is 0.500. The van der Waals surface area contributed by atoms with Crippen molar-refractivity contribution in [1.29, 1.82) is 0 Å². The monoisotopic (exact) mass is 218 g/mol. The molecule has 3 rings (SSSR count). The molecule has 0 aromatic rings. The Bertz CT molecular complexity index is 408. The number of rotatable bonds is 2. The smallest absolute Gasteiger partial charge is 0.204 e. The first-order valence-electron chi connectivity index (χ1n) is 5.63. The Labute approximate surface area is 94.2 Å². The summed E-state index contributed by atoms with van der Waals surface area (Å²) in [6, 6.07) is 0.802. The molecule has 0 bridgehead atoms. The quantitative estimate of drug-likeness (QED) is 0.494. The van der Waals surface area contributed by atoms with Crippen LogP contribution in [-0.4, -0.2) is 46.5 Å². The van der Waals surface area contributed by atoms with Crippen molar-refractivity contribution >= 4 is 11.6 Å². The van der Waals surface area contributed by atoms with E-state index in [1.165, 1.54) is 12.2 Å². The zero-order chi connectivity index (χ0) is 11.4. The molecule has 2 heterocycles. The summed E-state index contributed by atoms with van der Waals surface area (Å²) >= 11 is 0. The average molecular weight is 218 g/mol. The van der Waals surface area contributed by atoms with E-state index in [0.717, 1.165) is 13.1 Å². The van der Waals surface area contributed by atoms with E-state index in [1.54, 1.807) is 0 Å². The summed E-state index contributed by atoms with van der Waals surface area (Å²) in [5.41, 5.74) is 1.13. The number of allylic oxidation sites excluding steroid dienone is 2. The summed E-state index contributed by atoms with van der Waals surface area (Å²) < 4.78 is 0. The fourth-order valence-electron chi connectivity index (χ4n) is 2.13. The first-order valence-corrected chi connectivity index (χ1v) is 5.63. The van der Waals surface area contributed by atoms with Crippen LogP contribution < -0.4 is 0 Å². The van der Waals surface area contributed by atoms with E-state index < -0.39 is 0 Å². The van der Waals surface area contributed by atoms with Crippen LogP contribution in [0.15, 0.2) is 23.5 Å². The highest BCUT2D eigenvalue weighted by molar-refractivity contribution is 6.19. The molecule has 2 aliphatic heterocycles. The van der Waals surface area contributed by atoms with Crippen LogP contribution in [0.5, 0.6) is 0 Å². The summed E-state index contributed by atoms with van der Waals surface area (Å²) in [5.74, 6) is -0.0592. The van der Waals surface area contributed by atoms with Crippen LogP contribution >= 0.6 is 0 Å². The first-order chi connectivity index (χ1) is 7.58. The zero-order valence-corrected chi connectivity index (χ0v) is 9.43. The lowest BCUT2D eigenvalue weighted by Crippen LogP contribution is -2.22. The largest absolute Gasteiger partial charge is 0.362 e. The van der Waals surface area contributed by atoms with Crippen LogP contribution in [0.3, 0.4) is 0 Å². The van der Waals surface area contributed by atoms with Crippen molar-refractivity contribution in [1.82, 2.24) is 9.80 Å². The Morgan fingerprint density at radius 3 is 1.50 bits per heavy atom. The molecule has 4 heteroatoms. The molecule has 0 radical (unpaired) electrons. The number of nitrogens with zero attached hydrogens (tertiary/aromatic N) is 2. The molecule has 0 saturated carbocycles. The van der Waals surface area contributed by atoms with Crippen LogP contribution in [0.1, 0.15) is 13.8 Å². The van der Waals surface area contributed by atoms with E-state index in [4.69, 9.17) is 0 Å². The van der Waals surface area contributed by atoms with E-state index in [0.29, 0.717) is 23.5 Å². The second-order valence-electron chi connectivity index (χ2n) is 4.79. The molecule has 2 fully saturated rings. The highest BCUT2D eigenvalue weighted by Gasteiger charge is 2.40. The lowest BCUT2D eigenvalue weighted by Gasteiger charge is -2.14. The molecule has 0 aromatic carbocycles. The van der Waals surface area contributed by atoms with Gasteiger partial charge in [-0.2, -0.15) is 0 Å². The zero-order valence-electron chi connectivity index (χ0n) is 9.43. The molecule has 4 nitrogen and oxygen atoms in total. The molecule has 0 N–H and O–H groups in total. The molecule has 0 amide bonds. The minimum atomic E-state index is -0.0296. The number of ketones is 2. The van der Waals surface area contributed by atoms with E-state index in [9.17, 15) is 9.59 Å². The molecular weight excluding hydrogens is 204 g/mol. The third-order valence-electron chi connectivity index (χ3n) is 3.38. The van der Waals surface area contributed by atoms with Crippen LogP contribution in [0, 0.1) is 0 Å². The maximum Gasteiger partial charge on any atom is 0.204 e. The summed E-state index contributed by atoms with van der Waals surface area (Å²) in [6.45, 7) is 5.86. The van der Waals surface area contributed by atoms with Gasteiger partial charge >= 0.3 is 0 Å².